The van der Waals surface area contributed by atoms with E-state index in [1.165, 1.54) is 17.8 Å². The number of rotatable bonds is 5. The van der Waals surface area contributed by atoms with Gasteiger partial charge in [0.1, 0.15) is 5.82 Å². The molecule has 2 aromatic rings. The molecule has 0 amide bonds. The highest BCUT2D eigenvalue weighted by Crippen LogP contribution is 2.19. The summed E-state index contributed by atoms with van der Waals surface area (Å²) in [5, 5.41) is 12.0. The molecule has 0 aliphatic heterocycles. The van der Waals surface area contributed by atoms with Crippen molar-refractivity contribution in [1.29, 1.82) is 0 Å². The zero-order valence-electron chi connectivity index (χ0n) is 12.1. The number of hydrogen-bond donors (Lipinski definition) is 3. The van der Waals surface area contributed by atoms with Gasteiger partial charge < -0.3 is 16.2 Å². The van der Waals surface area contributed by atoms with E-state index >= 15 is 0 Å². The van der Waals surface area contributed by atoms with Gasteiger partial charge in [0.05, 0.1) is 11.3 Å². The molecule has 1 aromatic heterocycles. The van der Waals surface area contributed by atoms with Gasteiger partial charge in [0, 0.05) is 12.7 Å². The number of aromatic carboxylic acids is 1. The molecule has 0 bridgehead atoms. The second-order valence-electron chi connectivity index (χ2n) is 5.22. The molecule has 0 fully saturated rings. The lowest BCUT2D eigenvalue weighted by Gasteiger charge is -2.10. The molecule has 2 rings (SSSR count). The monoisotopic (exact) mass is 285 g/mol. The molecule has 0 radical (unpaired) electrons. The summed E-state index contributed by atoms with van der Waals surface area (Å²) in [5.74, 6) is -0.0363. The molecule has 1 heterocycles. The largest absolute Gasteiger partial charge is 0.478 e. The van der Waals surface area contributed by atoms with Crippen molar-refractivity contribution in [2.45, 2.75) is 26.3 Å². The highest BCUT2D eigenvalue weighted by Gasteiger charge is 2.07. The number of anilines is 2. The number of benzene rings is 1. The van der Waals surface area contributed by atoms with E-state index in [4.69, 9.17) is 10.8 Å². The van der Waals surface area contributed by atoms with Gasteiger partial charge in [-0.2, -0.15) is 0 Å². The van der Waals surface area contributed by atoms with Gasteiger partial charge in [-0.05, 0) is 23.1 Å². The molecule has 0 aliphatic rings. The molecule has 0 atom stereocenters. The first kappa shape index (κ1) is 14.8. The van der Waals surface area contributed by atoms with E-state index in [0.717, 1.165) is 5.56 Å². The predicted octanol–water partition coefficient (Wildman–Crippen LogP) is 3.10. The van der Waals surface area contributed by atoms with Crippen molar-refractivity contribution in [3.63, 3.8) is 0 Å². The molecule has 0 saturated heterocycles. The highest BCUT2D eigenvalue weighted by atomic mass is 16.4. The summed E-state index contributed by atoms with van der Waals surface area (Å²) in [4.78, 5) is 14.9. The van der Waals surface area contributed by atoms with Crippen molar-refractivity contribution in [1.82, 2.24) is 4.98 Å². The lowest BCUT2D eigenvalue weighted by Crippen LogP contribution is -2.07. The van der Waals surface area contributed by atoms with Crippen molar-refractivity contribution in [3.05, 3.63) is 53.2 Å². The number of carboxylic acid groups (broad SMARTS) is 1. The van der Waals surface area contributed by atoms with Gasteiger partial charge in [-0.3, -0.25) is 0 Å². The first-order valence-electron chi connectivity index (χ1n) is 6.79. The zero-order valence-corrected chi connectivity index (χ0v) is 12.1. The molecular weight excluding hydrogens is 266 g/mol. The van der Waals surface area contributed by atoms with Crippen LogP contribution in [0.3, 0.4) is 0 Å². The van der Waals surface area contributed by atoms with Crippen LogP contribution in [0, 0.1) is 0 Å². The normalized spacial score (nSPS) is 10.6. The van der Waals surface area contributed by atoms with E-state index < -0.39 is 5.97 Å². The minimum absolute atomic E-state index is 0.0827. The highest BCUT2D eigenvalue weighted by molar-refractivity contribution is 5.89. The molecule has 4 N–H and O–H groups in total. The Morgan fingerprint density at radius 3 is 2.52 bits per heavy atom. The van der Waals surface area contributed by atoms with Crippen LogP contribution in [-0.2, 0) is 6.54 Å². The summed E-state index contributed by atoms with van der Waals surface area (Å²) >= 11 is 0. The van der Waals surface area contributed by atoms with Gasteiger partial charge in [-0.1, -0.05) is 38.1 Å². The Balaban J connectivity index is 2.04. The average Bonchev–Trinajstić information content (AvgIpc) is 2.46. The fraction of sp³-hybridized carbons (Fsp3) is 0.250. The van der Waals surface area contributed by atoms with Gasteiger partial charge in [-0.25, -0.2) is 9.78 Å². The number of carbonyl (C=O) groups is 1. The van der Waals surface area contributed by atoms with Gasteiger partial charge in [0.15, 0.2) is 0 Å². The number of pyridine rings is 1. The Kier molecular flexibility index (Phi) is 4.42. The van der Waals surface area contributed by atoms with E-state index in [0.29, 0.717) is 24.0 Å². The SMILES string of the molecule is CC(C)c1ccc(CNc2ncc(C(=O)O)cc2N)cc1. The maximum atomic E-state index is 10.8. The Hall–Kier alpha value is -2.56. The van der Waals surface area contributed by atoms with E-state index in [1.54, 1.807) is 0 Å². The number of aromatic nitrogens is 1. The summed E-state index contributed by atoms with van der Waals surface area (Å²) in [6, 6.07) is 9.73. The quantitative estimate of drug-likeness (QED) is 0.785. The van der Waals surface area contributed by atoms with Gasteiger partial charge >= 0.3 is 5.97 Å². The maximum absolute atomic E-state index is 10.8. The lowest BCUT2D eigenvalue weighted by molar-refractivity contribution is 0.0696. The molecule has 0 saturated carbocycles. The van der Waals surface area contributed by atoms with Crippen LogP contribution in [0.5, 0.6) is 0 Å². The third-order valence-electron chi connectivity index (χ3n) is 3.27. The molecule has 0 spiro atoms. The third-order valence-corrected chi connectivity index (χ3v) is 3.27. The van der Waals surface area contributed by atoms with Crippen LogP contribution in [0.15, 0.2) is 36.5 Å². The van der Waals surface area contributed by atoms with E-state index in [1.807, 2.05) is 0 Å². The topological polar surface area (TPSA) is 88.2 Å². The maximum Gasteiger partial charge on any atom is 0.337 e. The van der Waals surface area contributed by atoms with Crippen LogP contribution in [0.2, 0.25) is 0 Å². The fourth-order valence-electron chi connectivity index (χ4n) is 1.95. The van der Waals surface area contributed by atoms with Crippen molar-refractivity contribution < 1.29 is 9.90 Å². The first-order chi connectivity index (χ1) is 9.97. The summed E-state index contributed by atoms with van der Waals surface area (Å²) in [6.07, 6.45) is 1.29. The number of nitrogen functional groups attached to an aromatic ring is 1. The molecule has 0 unspecified atom stereocenters. The Morgan fingerprint density at radius 2 is 2.00 bits per heavy atom. The van der Waals surface area contributed by atoms with Crippen molar-refractivity contribution in [2.75, 3.05) is 11.1 Å². The van der Waals surface area contributed by atoms with Gasteiger partial charge in [0.2, 0.25) is 0 Å². The third kappa shape index (κ3) is 3.72. The number of hydrogen-bond acceptors (Lipinski definition) is 4. The van der Waals surface area contributed by atoms with Crippen LogP contribution in [0.4, 0.5) is 11.5 Å². The molecule has 21 heavy (non-hydrogen) atoms. The predicted molar refractivity (Wildman–Crippen MR) is 83.5 cm³/mol. The van der Waals surface area contributed by atoms with Crippen LogP contribution >= 0.6 is 0 Å². The average molecular weight is 285 g/mol. The second kappa shape index (κ2) is 6.26. The minimum Gasteiger partial charge on any atom is -0.478 e. The molecule has 1 aromatic carbocycles. The summed E-state index contributed by atoms with van der Waals surface area (Å²) < 4.78 is 0. The molecule has 0 aliphatic carbocycles. The van der Waals surface area contributed by atoms with Crippen molar-refractivity contribution in [3.8, 4) is 0 Å². The summed E-state index contributed by atoms with van der Waals surface area (Å²) in [5.41, 5.74) is 8.62. The zero-order chi connectivity index (χ0) is 15.4. The van der Waals surface area contributed by atoms with Crippen molar-refractivity contribution in [2.24, 2.45) is 0 Å². The molecule has 5 heteroatoms. The van der Waals surface area contributed by atoms with Gasteiger partial charge in [-0.15, -0.1) is 0 Å². The minimum atomic E-state index is -1.04. The smallest absolute Gasteiger partial charge is 0.337 e. The Labute approximate surface area is 123 Å². The fourth-order valence-corrected chi connectivity index (χ4v) is 1.95. The number of carboxylic acids is 1. The Morgan fingerprint density at radius 1 is 1.33 bits per heavy atom. The van der Waals surface area contributed by atoms with E-state index in [-0.39, 0.29) is 5.56 Å². The van der Waals surface area contributed by atoms with E-state index in [2.05, 4.69) is 48.4 Å². The Bertz CT molecular complexity index is 636. The number of nitrogens with two attached hydrogens (primary N) is 1. The first-order valence-corrected chi connectivity index (χ1v) is 6.79. The van der Waals surface area contributed by atoms with Crippen molar-refractivity contribution >= 4 is 17.5 Å². The van der Waals surface area contributed by atoms with Crippen LogP contribution in [0.1, 0.15) is 41.3 Å². The van der Waals surface area contributed by atoms with Crippen LogP contribution < -0.4 is 11.1 Å². The standard InChI is InChI=1S/C16H19N3O2/c1-10(2)12-5-3-11(4-6-12)8-18-15-14(17)7-13(9-19-15)16(20)21/h3-7,9-10H,8,17H2,1-2H3,(H,18,19)(H,20,21). The molecule has 110 valence electrons. The van der Waals surface area contributed by atoms with Gasteiger partial charge in [0.25, 0.3) is 0 Å². The number of nitrogens with one attached hydrogen (secondary N) is 1. The summed E-state index contributed by atoms with van der Waals surface area (Å²) in [6.45, 7) is 4.89. The molecule has 5 nitrogen and oxygen atoms in total. The number of nitrogens with zero attached hydrogens (tertiary/aromatic N) is 1. The molecular formula is C16H19N3O2. The lowest BCUT2D eigenvalue weighted by atomic mass is 10.0. The van der Waals surface area contributed by atoms with Crippen LogP contribution in [0.25, 0.3) is 0 Å². The second-order valence-corrected chi connectivity index (χ2v) is 5.22. The van der Waals surface area contributed by atoms with E-state index in [9.17, 15) is 4.79 Å². The van der Waals surface area contributed by atoms with Crippen LogP contribution in [-0.4, -0.2) is 16.1 Å². The summed E-state index contributed by atoms with van der Waals surface area (Å²) in [7, 11) is 0.